The molecule has 23 heavy (non-hydrogen) atoms. The highest BCUT2D eigenvalue weighted by Gasteiger charge is 2.31. The lowest BCUT2D eigenvalue weighted by molar-refractivity contribution is -0.158. The highest BCUT2D eigenvalue weighted by atomic mass is 16.6. The lowest BCUT2D eigenvalue weighted by Crippen LogP contribution is -2.39. The summed E-state index contributed by atoms with van der Waals surface area (Å²) in [6.45, 7) is 5.53. The minimum Gasteiger partial charge on any atom is -0.476 e. The molecule has 0 fully saturated rings. The lowest BCUT2D eigenvalue weighted by atomic mass is 10.1. The number of carbonyl (C=O) groups is 1. The van der Waals surface area contributed by atoms with E-state index in [-0.39, 0.29) is 5.97 Å². The molecule has 0 spiro atoms. The van der Waals surface area contributed by atoms with E-state index in [4.69, 9.17) is 9.47 Å². The maximum atomic E-state index is 11.8. The number of ether oxygens (including phenoxy) is 2. The summed E-state index contributed by atoms with van der Waals surface area (Å²) >= 11 is 0. The van der Waals surface area contributed by atoms with Crippen LogP contribution in [-0.4, -0.2) is 18.2 Å². The second kappa shape index (κ2) is 7.63. The Balaban J connectivity index is 2.02. The van der Waals surface area contributed by atoms with Crippen LogP contribution in [0.1, 0.15) is 31.9 Å². The van der Waals surface area contributed by atoms with Gasteiger partial charge in [0.15, 0.2) is 5.60 Å². The zero-order valence-electron chi connectivity index (χ0n) is 13.8. The van der Waals surface area contributed by atoms with Crippen molar-refractivity contribution < 1.29 is 14.3 Å². The molecule has 0 aliphatic carbocycles. The number of rotatable bonds is 6. The number of esters is 1. The summed E-state index contributed by atoms with van der Waals surface area (Å²) in [6.07, 6.45) is 4.09. The van der Waals surface area contributed by atoms with Gasteiger partial charge in [0.25, 0.3) is 0 Å². The van der Waals surface area contributed by atoms with Crippen molar-refractivity contribution in [1.29, 1.82) is 0 Å². The molecule has 0 saturated heterocycles. The molecule has 0 aliphatic rings. The normalized spacial score (nSPS) is 11.4. The molecule has 3 heteroatoms. The molecule has 0 saturated carbocycles. The molecular formula is C20H22O3. The van der Waals surface area contributed by atoms with Crippen LogP contribution in [0.15, 0.2) is 54.6 Å². The van der Waals surface area contributed by atoms with E-state index in [1.165, 1.54) is 0 Å². The van der Waals surface area contributed by atoms with Crippen molar-refractivity contribution in [1.82, 2.24) is 0 Å². The molecule has 0 radical (unpaired) electrons. The van der Waals surface area contributed by atoms with Crippen molar-refractivity contribution >= 4 is 18.1 Å². The van der Waals surface area contributed by atoms with Gasteiger partial charge in [0.2, 0.25) is 0 Å². The van der Waals surface area contributed by atoms with Crippen LogP contribution < -0.4 is 4.74 Å². The zero-order valence-corrected chi connectivity index (χ0v) is 13.8. The molecule has 0 amide bonds. The molecule has 0 unspecified atom stereocenters. The second-order valence-electron chi connectivity index (χ2n) is 5.65. The van der Waals surface area contributed by atoms with Crippen LogP contribution in [0, 0.1) is 0 Å². The van der Waals surface area contributed by atoms with Crippen molar-refractivity contribution in [3.8, 4) is 5.75 Å². The van der Waals surface area contributed by atoms with Gasteiger partial charge in [-0.1, -0.05) is 54.6 Å². The third-order valence-electron chi connectivity index (χ3n) is 3.29. The first-order valence-electron chi connectivity index (χ1n) is 7.71. The number of hydrogen-bond donors (Lipinski definition) is 0. The fraction of sp³-hybridized carbons (Fsp3) is 0.250. The smallest absolute Gasteiger partial charge is 0.349 e. The summed E-state index contributed by atoms with van der Waals surface area (Å²) in [6, 6.07) is 17.7. The molecule has 0 aromatic heterocycles. The summed E-state index contributed by atoms with van der Waals surface area (Å²) in [7, 11) is 0. The van der Waals surface area contributed by atoms with Gasteiger partial charge in [0, 0.05) is 0 Å². The SMILES string of the molecule is CCOC(=O)C(C)(C)Oc1ccc(/C=C/c2ccccc2)cc1. The third kappa shape index (κ3) is 4.99. The van der Waals surface area contributed by atoms with Gasteiger partial charge in [0.1, 0.15) is 5.75 Å². The standard InChI is InChI=1S/C20H22O3/c1-4-22-19(21)20(2,3)23-18-14-12-17(13-15-18)11-10-16-8-6-5-7-9-16/h5-15H,4H2,1-3H3/b11-10+. The molecule has 0 aliphatic heterocycles. The molecule has 2 aromatic rings. The molecule has 0 N–H and O–H groups in total. The Morgan fingerprint density at radius 2 is 1.52 bits per heavy atom. The van der Waals surface area contributed by atoms with E-state index in [0.29, 0.717) is 12.4 Å². The van der Waals surface area contributed by atoms with Gasteiger partial charge < -0.3 is 9.47 Å². The van der Waals surface area contributed by atoms with Crippen molar-refractivity contribution in [3.05, 3.63) is 65.7 Å². The third-order valence-corrected chi connectivity index (χ3v) is 3.29. The Labute approximate surface area is 137 Å². The fourth-order valence-electron chi connectivity index (χ4n) is 2.04. The minimum atomic E-state index is -1.00. The highest BCUT2D eigenvalue weighted by molar-refractivity contribution is 5.79. The predicted octanol–water partition coefficient (Wildman–Crippen LogP) is 4.58. The van der Waals surface area contributed by atoms with Gasteiger partial charge in [-0.3, -0.25) is 0 Å². The van der Waals surface area contributed by atoms with Gasteiger partial charge >= 0.3 is 5.97 Å². The number of carbonyl (C=O) groups excluding carboxylic acids is 1. The number of benzene rings is 2. The van der Waals surface area contributed by atoms with Gasteiger partial charge in [-0.25, -0.2) is 4.79 Å². The van der Waals surface area contributed by atoms with E-state index >= 15 is 0 Å². The first kappa shape index (κ1) is 16.8. The maximum absolute atomic E-state index is 11.8. The highest BCUT2D eigenvalue weighted by Crippen LogP contribution is 2.21. The van der Waals surface area contributed by atoms with Crippen LogP contribution in [0.2, 0.25) is 0 Å². The van der Waals surface area contributed by atoms with Gasteiger partial charge in [-0.15, -0.1) is 0 Å². The number of hydrogen-bond acceptors (Lipinski definition) is 3. The van der Waals surface area contributed by atoms with E-state index in [1.807, 2.05) is 48.5 Å². The monoisotopic (exact) mass is 310 g/mol. The van der Waals surface area contributed by atoms with E-state index < -0.39 is 5.60 Å². The fourth-order valence-corrected chi connectivity index (χ4v) is 2.04. The molecule has 0 bridgehead atoms. The van der Waals surface area contributed by atoms with Crippen molar-refractivity contribution in [2.24, 2.45) is 0 Å². The van der Waals surface area contributed by atoms with Crippen LogP contribution in [0.3, 0.4) is 0 Å². The van der Waals surface area contributed by atoms with Crippen LogP contribution >= 0.6 is 0 Å². The molecule has 2 aromatic carbocycles. The lowest BCUT2D eigenvalue weighted by Gasteiger charge is -2.24. The Morgan fingerprint density at radius 3 is 2.09 bits per heavy atom. The average Bonchev–Trinajstić information content (AvgIpc) is 2.55. The largest absolute Gasteiger partial charge is 0.476 e. The van der Waals surface area contributed by atoms with Crippen LogP contribution in [0.25, 0.3) is 12.2 Å². The van der Waals surface area contributed by atoms with Crippen molar-refractivity contribution in [2.45, 2.75) is 26.4 Å². The van der Waals surface area contributed by atoms with Crippen LogP contribution in [-0.2, 0) is 9.53 Å². The summed E-state index contributed by atoms with van der Waals surface area (Å²) < 4.78 is 10.8. The molecule has 2 rings (SSSR count). The molecule has 120 valence electrons. The van der Waals surface area contributed by atoms with Gasteiger partial charge in [0.05, 0.1) is 6.61 Å². The predicted molar refractivity (Wildman–Crippen MR) is 93.2 cm³/mol. The topological polar surface area (TPSA) is 35.5 Å². The Bertz CT molecular complexity index is 655. The van der Waals surface area contributed by atoms with Crippen LogP contribution in [0.4, 0.5) is 0 Å². The maximum Gasteiger partial charge on any atom is 0.349 e. The Hall–Kier alpha value is -2.55. The summed E-state index contributed by atoms with van der Waals surface area (Å²) in [4.78, 5) is 11.8. The first-order chi connectivity index (χ1) is 11.0. The summed E-state index contributed by atoms with van der Waals surface area (Å²) in [5.74, 6) is 0.271. The van der Waals surface area contributed by atoms with Crippen molar-refractivity contribution in [3.63, 3.8) is 0 Å². The van der Waals surface area contributed by atoms with Gasteiger partial charge in [-0.2, -0.15) is 0 Å². The van der Waals surface area contributed by atoms with Gasteiger partial charge in [-0.05, 0) is 44.0 Å². The molecule has 3 nitrogen and oxygen atoms in total. The molecular weight excluding hydrogens is 288 g/mol. The average molecular weight is 310 g/mol. The van der Waals surface area contributed by atoms with Crippen molar-refractivity contribution in [2.75, 3.05) is 6.61 Å². The Morgan fingerprint density at radius 1 is 0.957 bits per heavy atom. The Kier molecular flexibility index (Phi) is 5.58. The first-order valence-corrected chi connectivity index (χ1v) is 7.71. The second-order valence-corrected chi connectivity index (χ2v) is 5.65. The minimum absolute atomic E-state index is 0.342. The van der Waals surface area contributed by atoms with Crippen LogP contribution in [0.5, 0.6) is 5.75 Å². The van der Waals surface area contributed by atoms with E-state index in [0.717, 1.165) is 11.1 Å². The summed E-state index contributed by atoms with van der Waals surface area (Å²) in [5, 5.41) is 0. The molecule has 0 heterocycles. The van der Waals surface area contributed by atoms with E-state index in [1.54, 1.807) is 20.8 Å². The molecule has 0 atom stereocenters. The zero-order chi connectivity index (χ0) is 16.7. The van der Waals surface area contributed by atoms with E-state index in [9.17, 15) is 4.79 Å². The van der Waals surface area contributed by atoms with E-state index in [2.05, 4.69) is 18.2 Å². The summed E-state index contributed by atoms with van der Waals surface area (Å²) in [5.41, 5.74) is 1.21. The quantitative estimate of drug-likeness (QED) is 0.579.